The first kappa shape index (κ1) is 15.7. The highest BCUT2D eigenvalue weighted by molar-refractivity contribution is 7.17. The Bertz CT molecular complexity index is 1020. The molecule has 0 unspecified atom stereocenters. The van der Waals surface area contributed by atoms with Gasteiger partial charge >= 0.3 is 0 Å². The Morgan fingerprint density at radius 1 is 1.04 bits per heavy atom. The first-order valence-electron chi connectivity index (χ1n) is 8.71. The highest BCUT2D eigenvalue weighted by Gasteiger charge is 2.19. The molecule has 5 rings (SSSR count). The molecule has 0 bridgehead atoms. The van der Waals surface area contributed by atoms with Crippen LogP contribution in [0.1, 0.15) is 0 Å². The molecule has 0 amide bonds. The molecule has 0 radical (unpaired) electrons. The van der Waals surface area contributed by atoms with Crippen LogP contribution in [0.3, 0.4) is 0 Å². The zero-order valence-electron chi connectivity index (χ0n) is 14.1. The van der Waals surface area contributed by atoms with Crippen LogP contribution < -0.4 is 25.1 Å². The van der Waals surface area contributed by atoms with Crippen molar-refractivity contribution in [3.63, 3.8) is 0 Å². The fourth-order valence-corrected chi connectivity index (χ4v) is 4.29. The van der Waals surface area contributed by atoms with Gasteiger partial charge in [-0.25, -0.2) is 0 Å². The van der Waals surface area contributed by atoms with Crippen molar-refractivity contribution in [3.05, 3.63) is 39.9 Å². The molecule has 134 valence electrons. The lowest BCUT2D eigenvalue weighted by molar-refractivity contribution is 0.171. The van der Waals surface area contributed by atoms with E-state index in [1.165, 1.54) is 11.3 Å². The van der Waals surface area contributed by atoms with Crippen LogP contribution in [0.15, 0.2) is 38.9 Å². The molecule has 1 aromatic carbocycles. The quantitative estimate of drug-likeness (QED) is 0.748. The maximum absolute atomic E-state index is 12.6. The van der Waals surface area contributed by atoms with Crippen molar-refractivity contribution in [2.75, 3.05) is 44.3 Å². The van der Waals surface area contributed by atoms with Crippen LogP contribution in [0.4, 0.5) is 5.88 Å². The monoisotopic (exact) mass is 370 g/mol. The number of hydrogen-bond acceptors (Lipinski definition) is 7. The number of ether oxygens (including phenoxy) is 2. The van der Waals surface area contributed by atoms with Crippen molar-refractivity contribution < 1.29 is 13.9 Å². The molecular weight excluding hydrogens is 352 g/mol. The topological polar surface area (TPSA) is 63.9 Å². The summed E-state index contributed by atoms with van der Waals surface area (Å²) in [5.41, 5.74) is 2.53. The summed E-state index contributed by atoms with van der Waals surface area (Å²) < 4.78 is 18.1. The van der Waals surface area contributed by atoms with E-state index in [1.54, 1.807) is 6.07 Å². The zero-order chi connectivity index (χ0) is 17.5. The van der Waals surface area contributed by atoms with Crippen LogP contribution in [0.2, 0.25) is 0 Å². The number of hydrogen-bond donors (Lipinski definition) is 1. The molecule has 6 nitrogen and oxygen atoms in total. The molecule has 4 heterocycles. The van der Waals surface area contributed by atoms with Gasteiger partial charge in [-0.3, -0.25) is 4.79 Å². The van der Waals surface area contributed by atoms with Gasteiger partial charge in [-0.1, -0.05) is 6.07 Å². The van der Waals surface area contributed by atoms with E-state index in [0.717, 1.165) is 48.8 Å². The summed E-state index contributed by atoms with van der Waals surface area (Å²) in [4.78, 5) is 14.7. The van der Waals surface area contributed by atoms with E-state index in [9.17, 15) is 4.79 Å². The summed E-state index contributed by atoms with van der Waals surface area (Å²) in [7, 11) is 0. The molecule has 7 heteroatoms. The minimum atomic E-state index is 0.00794. The molecule has 1 saturated heterocycles. The van der Waals surface area contributed by atoms with Crippen LogP contribution in [-0.2, 0) is 0 Å². The third kappa shape index (κ3) is 2.64. The molecule has 3 aromatic rings. The summed E-state index contributed by atoms with van der Waals surface area (Å²) in [5, 5.41) is 5.29. The van der Waals surface area contributed by atoms with Gasteiger partial charge in [0.15, 0.2) is 23.0 Å². The highest BCUT2D eigenvalue weighted by atomic mass is 32.1. The van der Waals surface area contributed by atoms with E-state index in [-0.39, 0.29) is 5.43 Å². The zero-order valence-corrected chi connectivity index (χ0v) is 14.9. The molecule has 2 aromatic heterocycles. The Labute approximate surface area is 153 Å². The second kappa shape index (κ2) is 6.34. The van der Waals surface area contributed by atoms with Crippen molar-refractivity contribution in [2.45, 2.75) is 0 Å². The lowest BCUT2D eigenvalue weighted by Crippen LogP contribution is -2.43. The summed E-state index contributed by atoms with van der Waals surface area (Å²) in [6.45, 7) is 4.55. The third-order valence-corrected chi connectivity index (χ3v) is 5.69. The summed E-state index contributed by atoms with van der Waals surface area (Å²) in [6.07, 6.45) is 0. The molecule has 0 spiro atoms. The first-order chi connectivity index (χ1) is 12.8. The second-order valence-electron chi connectivity index (χ2n) is 6.35. The number of nitrogens with zero attached hydrogens (tertiary/aromatic N) is 1. The fraction of sp³-hybridized carbons (Fsp3) is 0.316. The third-order valence-electron chi connectivity index (χ3n) is 4.71. The van der Waals surface area contributed by atoms with E-state index in [2.05, 4.69) is 10.2 Å². The number of piperazine rings is 1. The second-order valence-corrected chi connectivity index (χ2v) is 7.23. The number of nitrogens with one attached hydrogen (secondary N) is 1. The fourth-order valence-electron chi connectivity index (χ4n) is 3.38. The Morgan fingerprint density at radius 3 is 2.69 bits per heavy atom. The highest BCUT2D eigenvalue weighted by Crippen LogP contribution is 2.39. The van der Waals surface area contributed by atoms with Crippen LogP contribution in [0.5, 0.6) is 11.5 Å². The predicted molar refractivity (Wildman–Crippen MR) is 102 cm³/mol. The maximum atomic E-state index is 12.6. The normalized spacial score (nSPS) is 16.8. The van der Waals surface area contributed by atoms with Gasteiger partial charge in [-0.15, -0.1) is 11.3 Å². The predicted octanol–water partition coefficient (Wildman–Crippen LogP) is 2.70. The van der Waals surface area contributed by atoms with E-state index >= 15 is 0 Å². The summed E-state index contributed by atoms with van der Waals surface area (Å²) >= 11 is 1.42. The van der Waals surface area contributed by atoms with Crippen molar-refractivity contribution in [2.24, 2.45) is 0 Å². The van der Waals surface area contributed by atoms with Gasteiger partial charge in [-0.05, 0) is 17.7 Å². The van der Waals surface area contributed by atoms with Gasteiger partial charge in [0.1, 0.15) is 17.9 Å². The van der Waals surface area contributed by atoms with Gasteiger partial charge in [0.2, 0.25) is 5.43 Å². The molecule has 0 atom stereocenters. The van der Waals surface area contributed by atoms with Crippen molar-refractivity contribution in [1.82, 2.24) is 5.32 Å². The number of benzene rings is 1. The van der Waals surface area contributed by atoms with Crippen LogP contribution in [0.25, 0.3) is 21.4 Å². The van der Waals surface area contributed by atoms with Crippen molar-refractivity contribution >= 4 is 27.5 Å². The van der Waals surface area contributed by atoms with E-state index in [1.807, 2.05) is 23.6 Å². The average molecular weight is 370 g/mol. The number of rotatable bonds is 2. The molecule has 0 saturated carbocycles. The van der Waals surface area contributed by atoms with Crippen molar-refractivity contribution in [3.8, 4) is 22.6 Å². The largest absolute Gasteiger partial charge is 0.486 e. The SMILES string of the molecule is O=c1cc(N2CCNCC2)oc2c(-c3ccc4c(c3)OCCO4)csc12. The Balaban J connectivity index is 1.62. The molecule has 26 heavy (non-hydrogen) atoms. The molecular formula is C19H18N2O4S. The lowest BCUT2D eigenvalue weighted by atomic mass is 10.1. The minimum Gasteiger partial charge on any atom is -0.486 e. The standard InChI is InChI=1S/C19H18N2O4S/c22-14-10-17(21-5-3-20-4-6-21)25-18-13(11-26-19(14)18)12-1-2-15-16(9-12)24-8-7-23-15/h1-2,9-11,20H,3-8H2. The molecule has 2 aliphatic heterocycles. The average Bonchev–Trinajstić information content (AvgIpc) is 3.13. The number of thiophene rings is 1. The van der Waals surface area contributed by atoms with Gasteiger partial charge in [0.25, 0.3) is 0 Å². The van der Waals surface area contributed by atoms with Gasteiger partial charge < -0.3 is 24.1 Å². The van der Waals surface area contributed by atoms with Crippen LogP contribution in [0, 0.1) is 0 Å². The van der Waals surface area contributed by atoms with Gasteiger partial charge in [-0.2, -0.15) is 0 Å². The summed E-state index contributed by atoms with van der Waals surface area (Å²) in [6, 6.07) is 7.45. The van der Waals surface area contributed by atoms with E-state index < -0.39 is 0 Å². The van der Waals surface area contributed by atoms with Crippen molar-refractivity contribution in [1.29, 1.82) is 0 Å². The Morgan fingerprint density at radius 2 is 1.85 bits per heavy atom. The van der Waals surface area contributed by atoms with Gasteiger partial charge in [0.05, 0.1) is 0 Å². The van der Waals surface area contributed by atoms with Gasteiger partial charge in [0, 0.05) is 43.2 Å². The Hall–Kier alpha value is -2.51. The number of fused-ring (bicyclic) bond motifs is 2. The molecule has 1 N–H and O–H groups in total. The van der Waals surface area contributed by atoms with E-state index in [0.29, 0.717) is 29.4 Å². The summed E-state index contributed by atoms with van der Waals surface area (Å²) in [5.74, 6) is 2.12. The lowest BCUT2D eigenvalue weighted by Gasteiger charge is -2.27. The van der Waals surface area contributed by atoms with E-state index in [4.69, 9.17) is 13.9 Å². The Kier molecular flexibility index (Phi) is 3.83. The minimum absolute atomic E-state index is 0.00794. The molecule has 0 aliphatic carbocycles. The smallest absolute Gasteiger partial charge is 0.204 e. The number of anilines is 1. The maximum Gasteiger partial charge on any atom is 0.204 e. The van der Waals surface area contributed by atoms with Crippen LogP contribution >= 0.6 is 11.3 Å². The molecule has 1 fully saturated rings. The molecule has 2 aliphatic rings. The van der Waals surface area contributed by atoms with Crippen LogP contribution in [-0.4, -0.2) is 39.4 Å². The first-order valence-corrected chi connectivity index (χ1v) is 9.58.